The molecule has 0 spiro atoms. The van der Waals surface area contributed by atoms with Crippen LogP contribution in [0.1, 0.15) is 25.5 Å². The molecule has 3 N–H and O–H groups in total. The van der Waals surface area contributed by atoms with Crippen molar-refractivity contribution in [3.63, 3.8) is 0 Å². The fourth-order valence-electron chi connectivity index (χ4n) is 1.37. The maximum atomic E-state index is 9.86. The van der Waals surface area contributed by atoms with Gasteiger partial charge in [-0.2, -0.15) is 0 Å². The molecule has 0 bridgehead atoms. The summed E-state index contributed by atoms with van der Waals surface area (Å²) in [6.45, 7) is 3.85. The lowest BCUT2D eigenvalue weighted by atomic mass is 9.94. The van der Waals surface area contributed by atoms with E-state index in [0.717, 1.165) is 10.0 Å². The SMILES string of the molecule is CC(C)[C@H](O)[C@H](N)c1cc(Br)ccc1Cl. The minimum atomic E-state index is -0.586. The van der Waals surface area contributed by atoms with E-state index in [0.29, 0.717) is 5.02 Å². The summed E-state index contributed by atoms with van der Waals surface area (Å²) in [6, 6.07) is 5.02. The van der Waals surface area contributed by atoms with Crippen LogP contribution in [-0.4, -0.2) is 11.2 Å². The lowest BCUT2D eigenvalue weighted by molar-refractivity contribution is 0.0979. The molecule has 15 heavy (non-hydrogen) atoms. The smallest absolute Gasteiger partial charge is 0.0756 e. The molecule has 0 fully saturated rings. The van der Waals surface area contributed by atoms with Gasteiger partial charge in [0.1, 0.15) is 0 Å². The summed E-state index contributed by atoms with van der Waals surface area (Å²) in [7, 11) is 0. The fourth-order valence-corrected chi connectivity index (χ4v) is 1.99. The molecule has 2 nitrogen and oxygen atoms in total. The highest BCUT2D eigenvalue weighted by molar-refractivity contribution is 9.10. The first-order valence-electron chi connectivity index (χ1n) is 4.82. The van der Waals surface area contributed by atoms with Crippen molar-refractivity contribution in [3.8, 4) is 0 Å². The van der Waals surface area contributed by atoms with E-state index in [9.17, 15) is 5.11 Å². The third-order valence-electron chi connectivity index (χ3n) is 2.37. The molecule has 0 heterocycles. The van der Waals surface area contributed by atoms with E-state index in [2.05, 4.69) is 15.9 Å². The van der Waals surface area contributed by atoms with Gasteiger partial charge in [-0.3, -0.25) is 0 Å². The second kappa shape index (κ2) is 5.30. The lowest BCUT2D eigenvalue weighted by Crippen LogP contribution is -2.30. The van der Waals surface area contributed by atoms with E-state index in [1.165, 1.54) is 0 Å². The van der Waals surface area contributed by atoms with E-state index >= 15 is 0 Å². The topological polar surface area (TPSA) is 46.2 Å². The quantitative estimate of drug-likeness (QED) is 0.899. The van der Waals surface area contributed by atoms with Crippen LogP contribution in [0.15, 0.2) is 22.7 Å². The Morgan fingerprint density at radius 1 is 1.40 bits per heavy atom. The second-order valence-electron chi connectivity index (χ2n) is 3.93. The Bertz CT molecular complexity index is 343. The second-order valence-corrected chi connectivity index (χ2v) is 5.25. The molecule has 0 aliphatic carbocycles. The van der Waals surface area contributed by atoms with Gasteiger partial charge in [-0.25, -0.2) is 0 Å². The van der Waals surface area contributed by atoms with Crippen molar-refractivity contribution >= 4 is 27.5 Å². The number of hydrogen-bond acceptors (Lipinski definition) is 2. The molecule has 0 saturated heterocycles. The standard InChI is InChI=1S/C11H15BrClNO/c1-6(2)11(15)10(14)8-5-7(12)3-4-9(8)13/h3-6,10-11,15H,14H2,1-2H3/t10-,11+/m1/s1. The van der Waals surface area contributed by atoms with Crippen molar-refractivity contribution in [2.24, 2.45) is 11.7 Å². The first kappa shape index (κ1) is 13.0. The number of benzene rings is 1. The predicted molar refractivity (Wildman–Crippen MR) is 66.9 cm³/mol. The zero-order chi connectivity index (χ0) is 11.6. The number of nitrogens with two attached hydrogens (primary N) is 1. The van der Waals surface area contributed by atoms with Crippen LogP contribution in [0.5, 0.6) is 0 Å². The average molecular weight is 293 g/mol. The van der Waals surface area contributed by atoms with Gasteiger partial charge in [-0.1, -0.05) is 41.4 Å². The molecule has 1 aromatic rings. The molecule has 0 aliphatic heterocycles. The van der Waals surface area contributed by atoms with Gasteiger partial charge in [-0.05, 0) is 29.7 Å². The van der Waals surface area contributed by atoms with E-state index < -0.39 is 12.1 Å². The Morgan fingerprint density at radius 3 is 2.53 bits per heavy atom. The summed E-state index contributed by atoms with van der Waals surface area (Å²) >= 11 is 9.38. The van der Waals surface area contributed by atoms with Gasteiger partial charge in [0.2, 0.25) is 0 Å². The third-order valence-corrected chi connectivity index (χ3v) is 3.21. The number of aliphatic hydroxyl groups is 1. The van der Waals surface area contributed by atoms with E-state index in [-0.39, 0.29) is 5.92 Å². The van der Waals surface area contributed by atoms with Crippen molar-refractivity contribution < 1.29 is 5.11 Å². The van der Waals surface area contributed by atoms with Gasteiger partial charge >= 0.3 is 0 Å². The zero-order valence-electron chi connectivity index (χ0n) is 8.74. The molecule has 0 saturated carbocycles. The fraction of sp³-hybridized carbons (Fsp3) is 0.455. The summed E-state index contributed by atoms with van der Waals surface area (Å²) in [6.07, 6.45) is -0.586. The maximum Gasteiger partial charge on any atom is 0.0756 e. The van der Waals surface area contributed by atoms with Gasteiger partial charge in [-0.15, -0.1) is 0 Å². The summed E-state index contributed by atoms with van der Waals surface area (Å²) in [5.41, 5.74) is 6.72. The number of rotatable bonds is 3. The normalized spacial score (nSPS) is 15.4. The molecule has 1 rings (SSSR count). The Kier molecular flexibility index (Phi) is 4.59. The van der Waals surface area contributed by atoms with Crippen LogP contribution in [-0.2, 0) is 0 Å². The maximum absolute atomic E-state index is 9.86. The summed E-state index contributed by atoms with van der Waals surface area (Å²) < 4.78 is 0.910. The molecule has 84 valence electrons. The summed E-state index contributed by atoms with van der Waals surface area (Å²) in [5.74, 6) is 0.107. The minimum Gasteiger partial charge on any atom is -0.391 e. The molecule has 0 amide bonds. The predicted octanol–water partition coefficient (Wildman–Crippen LogP) is 3.12. The first-order valence-corrected chi connectivity index (χ1v) is 5.99. The van der Waals surface area contributed by atoms with Crippen molar-refractivity contribution in [2.75, 3.05) is 0 Å². The molecule has 0 radical (unpaired) electrons. The van der Waals surface area contributed by atoms with Gasteiger partial charge in [0.15, 0.2) is 0 Å². The molecule has 0 unspecified atom stereocenters. The van der Waals surface area contributed by atoms with Gasteiger partial charge in [0.25, 0.3) is 0 Å². The molecular formula is C11H15BrClNO. The van der Waals surface area contributed by atoms with Gasteiger partial charge < -0.3 is 10.8 Å². The highest BCUT2D eigenvalue weighted by atomic mass is 79.9. The van der Waals surface area contributed by atoms with Crippen molar-refractivity contribution in [1.29, 1.82) is 0 Å². The molecular weight excluding hydrogens is 277 g/mol. The largest absolute Gasteiger partial charge is 0.391 e. The molecule has 4 heteroatoms. The monoisotopic (exact) mass is 291 g/mol. The number of hydrogen-bond donors (Lipinski definition) is 2. The Balaban J connectivity index is 2.99. The minimum absolute atomic E-state index is 0.107. The average Bonchev–Trinajstić information content (AvgIpc) is 2.19. The van der Waals surface area contributed by atoms with Crippen LogP contribution in [0.2, 0.25) is 5.02 Å². The van der Waals surface area contributed by atoms with Crippen molar-refractivity contribution in [3.05, 3.63) is 33.3 Å². The van der Waals surface area contributed by atoms with E-state index in [4.69, 9.17) is 17.3 Å². The van der Waals surface area contributed by atoms with Crippen LogP contribution in [0.25, 0.3) is 0 Å². The molecule has 2 atom stereocenters. The molecule has 0 aromatic heterocycles. The summed E-state index contributed by atoms with van der Waals surface area (Å²) in [5, 5.41) is 10.5. The highest BCUT2D eigenvalue weighted by Gasteiger charge is 2.22. The lowest BCUT2D eigenvalue weighted by Gasteiger charge is -2.23. The van der Waals surface area contributed by atoms with Crippen LogP contribution >= 0.6 is 27.5 Å². The van der Waals surface area contributed by atoms with E-state index in [1.807, 2.05) is 26.0 Å². The van der Waals surface area contributed by atoms with Crippen molar-refractivity contribution in [1.82, 2.24) is 0 Å². The van der Waals surface area contributed by atoms with Crippen molar-refractivity contribution in [2.45, 2.75) is 26.0 Å². The Labute approximate surface area is 104 Å². The summed E-state index contributed by atoms with van der Waals surface area (Å²) in [4.78, 5) is 0. The zero-order valence-corrected chi connectivity index (χ0v) is 11.1. The van der Waals surface area contributed by atoms with Crippen LogP contribution in [0.4, 0.5) is 0 Å². The number of halogens is 2. The van der Waals surface area contributed by atoms with Gasteiger partial charge in [0, 0.05) is 9.50 Å². The van der Waals surface area contributed by atoms with Crippen LogP contribution in [0.3, 0.4) is 0 Å². The number of aliphatic hydroxyl groups excluding tert-OH is 1. The first-order chi connectivity index (χ1) is 6.93. The Morgan fingerprint density at radius 2 is 2.00 bits per heavy atom. The van der Waals surface area contributed by atoms with Crippen LogP contribution in [0, 0.1) is 5.92 Å². The third kappa shape index (κ3) is 3.18. The molecule has 0 aliphatic rings. The van der Waals surface area contributed by atoms with Crippen LogP contribution < -0.4 is 5.73 Å². The van der Waals surface area contributed by atoms with Gasteiger partial charge in [0.05, 0.1) is 12.1 Å². The van der Waals surface area contributed by atoms with E-state index in [1.54, 1.807) is 6.07 Å². The molecule has 1 aromatic carbocycles. The Hall–Kier alpha value is -0.0900. The highest BCUT2D eigenvalue weighted by Crippen LogP contribution is 2.28.